The number of hydrogen-bond donors (Lipinski definition) is 7. The van der Waals surface area contributed by atoms with Crippen LogP contribution in [0.15, 0.2) is 54.6 Å². The zero-order valence-corrected chi connectivity index (χ0v) is 46.7. The van der Waals surface area contributed by atoms with Gasteiger partial charge in [-0.25, -0.2) is 0 Å². The van der Waals surface area contributed by atoms with E-state index < -0.39 is 72.9 Å². The topological polar surface area (TPSA) is 252 Å². The number of amides is 5. The number of nitrogens with zero attached hydrogens (tertiary/aromatic N) is 1. The quantitative estimate of drug-likeness (QED) is 0.0491. The molecule has 3 aliphatic carbocycles. The van der Waals surface area contributed by atoms with Gasteiger partial charge in [0.2, 0.25) is 23.6 Å². The van der Waals surface area contributed by atoms with E-state index in [-0.39, 0.29) is 44.2 Å². The van der Waals surface area contributed by atoms with Crippen molar-refractivity contribution in [2.75, 3.05) is 46.4 Å². The molecule has 6 bridgehead atoms. The summed E-state index contributed by atoms with van der Waals surface area (Å²) in [5, 5.41) is 11.6. The Labute approximate surface area is 451 Å². The molecule has 1 saturated heterocycles. The molecule has 10 N–H and O–H groups in total. The zero-order valence-electron chi connectivity index (χ0n) is 46.7. The lowest BCUT2D eigenvalue weighted by Crippen LogP contribution is -2.65. The minimum Gasteiger partial charge on any atom is -0.492 e. The molecule has 8 rings (SSSR count). The minimum atomic E-state index is -1.30. The molecule has 5 unspecified atom stereocenters. The van der Waals surface area contributed by atoms with Crippen molar-refractivity contribution >= 4 is 36.7 Å². The second-order valence-electron chi connectivity index (χ2n) is 22.0. The van der Waals surface area contributed by atoms with Crippen molar-refractivity contribution in [3.63, 3.8) is 0 Å². The highest BCUT2D eigenvalue weighted by atomic mass is 16.7. The monoisotopic (exact) mass is 1050 g/mol. The third-order valence-electron chi connectivity index (χ3n) is 16.0. The summed E-state index contributed by atoms with van der Waals surface area (Å²) in [6.45, 7) is 17.4. The molecule has 5 aliphatic rings. The second-order valence-corrected chi connectivity index (χ2v) is 22.0. The molecule has 17 nitrogen and oxygen atoms in total. The molecule has 4 fully saturated rings. The van der Waals surface area contributed by atoms with Crippen LogP contribution in [0.2, 0.25) is 0 Å². The van der Waals surface area contributed by atoms with Crippen LogP contribution in [0.3, 0.4) is 0 Å². The van der Waals surface area contributed by atoms with Crippen LogP contribution in [0.25, 0.3) is 11.1 Å². The van der Waals surface area contributed by atoms with Crippen LogP contribution >= 0.6 is 0 Å². The summed E-state index contributed by atoms with van der Waals surface area (Å²) in [5.41, 5.74) is 21.1. The first-order chi connectivity index (χ1) is 36.3. The Balaban J connectivity index is 0.00000226. The van der Waals surface area contributed by atoms with Crippen molar-refractivity contribution < 1.29 is 42.8 Å². The van der Waals surface area contributed by atoms with E-state index >= 15 is 0 Å². The SMILES string of the molecule is CCCCCCCCc1ccc(C(=O)NCC(=O)N(C)C2C(=O)N[C@@H](C)C(=O)NC(C(=O)N[C@@H](C)B3OC4CC5CC(C5(C)C)[C@]4(C)O3)Cc3ccc(OCCN)c(c3)-c3cc2ccc3OCCN)c(C)c1.CCCN. The first-order valence-electron chi connectivity index (χ1n) is 27.8. The number of unbranched alkanes of at least 4 members (excludes halogenated alkanes) is 5. The number of ether oxygens (including phenoxy) is 2. The molecular weight excluding hydrogens is 963 g/mol. The Morgan fingerprint density at radius 2 is 1.50 bits per heavy atom. The van der Waals surface area contributed by atoms with E-state index in [2.05, 4.69) is 55.9 Å². The largest absolute Gasteiger partial charge is 0.492 e. The van der Waals surface area contributed by atoms with Gasteiger partial charge in [0.05, 0.1) is 24.2 Å². The number of carbonyl (C=O) groups is 5. The van der Waals surface area contributed by atoms with Gasteiger partial charge >= 0.3 is 7.12 Å². The minimum absolute atomic E-state index is 0.0624. The van der Waals surface area contributed by atoms with Crippen LogP contribution in [-0.4, -0.2) is 118 Å². The summed E-state index contributed by atoms with van der Waals surface area (Å²) < 4.78 is 25.6. The molecule has 18 heteroatoms. The number of carbonyl (C=O) groups excluding carboxylic acids is 5. The Kier molecular flexibility index (Phi) is 21.4. The van der Waals surface area contributed by atoms with Crippen molar-refractivity contribution in [1.29, 1.82) is 0 Å². The molecule has 2 aliphatic heterocycles. The smallest absolute Gasteiger partial charge is 0.481 e. The van der Waals surface area contributed by atoms with Crippen LogP contribution in [0.5, 0.6) is 11.5 Å². The van der Waals surface area contributed by atoms with E-state index in [9.17, 15) is 24.0 Å². The van der Waals surface area contributed by atoms with Gasteiger partial charge in [0, 0.05) is 43.2 Å². The van der Waals surface area contributed by atoms with Gasteiger partial charge in [0.15, 0.2) is 0 Å². The molecule has 3 aromatic rings. The molecule has 3 aromatic carbocycles. The maximum absolute atomic E-state index is 14.7. The van der Waals surface area contributed by atoms with Crippen molar-refractivity contribution in [2.24, 2.45) is 34.5 Å². The third-order valence-corrected chi connectivity index (χ3v) is 16.0. The van der Waals surface area contributed by atoms with E-state index in [0.717, 1.165) is 49.8 Å². The maximum Gasteiger partial charge on any atom is 0.481 e. The number of benzene rings is 3. The number of nitrogens with one attached hydrogen (secondary N) is 4. The first kappa shape index (κ1) is 59.7. The Morgan fingerprint density at radius 3 is 2.14 bits per heavy atom. The van der Waals surface area contributed by atoms with Crippen molar-refractivity contribution in [1.82, 2.24) is 26.2 Å². The molecule has 416 valence electrons. The molecule has 76 heavy (non-hydrogen) atoms. The van der Waals surface area contributed by atoms with Crippen molar-refractivity contribution in [3.05, 3.63) is 82.4 Å². The average Bonchev–Trinajstić information content (AvgIpc) is 3.79. The molecule has 2 heterocycles. The van der Waals surface area contributed by atoms with E-state index in [1.165, 1.54) is 51.0 Å². The fourth-order valence-electron chi connectivity index (χ4n) is 11.4. The van der Waals surface area contributed by atoms with Gasteiger partial charge < -0.3 is 62.2 Å². The molecule has 8 atom stereocenters. The third kappa shape index (κ3) is 14.1. The fraction of sp³-hybridized carbons (Fsp3) is 0.603. The molecule has 0 aromatic heterocycles. The number of aryl methyl sites for hydroxylation is 2. The normalized spacial score (nSPS) is 23.7. The van der Waals surface area contributed by atoms with E-state index in [0.29, 0.717) is 51.2 Å². The predicted molar refractivity (Wildman–Crippen MR) is 297 cm³/mol. The van der Waals surface area contributed by atoms with Crippen LogP contribution in [0, 0.1) is 24.2 Å². The summed E-state index contributed by atoms with van der Waals surface area (Å²) in [7, 11) is 0.777. The van der Waals surface area contributed by atoms with Crippen LogP contribution in [-0.2, 0) is 41.3 Å². The molecule has 0 radical (unpaired) electrons. The Bertz CT molecular complexity index is 2490. The van der Waals surface area contributed by atoms with E-state index in [1.54, 1.807) is 30.3 Å². The Hall–Kier alpha value is -5.53. The van der Waals surface area contributed by atoms with E-state index in [4.69, 9.17) is 36.0 Å². The van der Waals surface area contributed by atoms with Crippen molar-refractivity contribution in [3.8, 4) is 22.6 Å². The number of likely N-dealkylation sites (N-methyl/N-ethyl adjacent to an activating group) is 1. The lowest BCUT2D eigenvalue weighted by molar-refractivity contribution is -0.199. The van der Waals surface area contributed by atoms with Gasteiger partial charge in [-0.2, -0.15) is 0 Å². The predicted octanol–water partition coefficient (Wildman–Crippen LogP) is 5.84. The van der Waals surface area contributed by atoms with Gasteiger partial charge in [-0.1, -0.05) is 84.1 Å². The summed E-state index contributed by atoms with van der Waals surface area (Å²) in [6.07, 6.45) is 11.2. The van der Waals surface area contributed by atoms with E-state index in [1.807, 2.05) is 38.1 Å². The highest BCUT2D eigenvalue weighted by Crippen LogP contribution is 2.65. The van der Waals surface area contributed by atoms with Gasteiger partial charge in [0.1, 0.15) is 42.8 Å². The second kappa shape index (κ2) is 27.2. The number of hydrogen-bond acceptors (Lipinski definition) is 12. The number of fused-ring (bicyclic) bond motifs is 5. The number of rotatable bonds is 21. The van der Waals surface area contributed by atoms with Gasteiger partial charge in [-0.3, -0.25) is 24.0 Å². The van der Waals surface area contributed by atoms with Gasteiger partial charge in [0.25, 0.3) is 5.91 Å². The molecule has 0 spiro atoms. The first-order valence-corrected chi connectivity index (χ1v) is 27.8. The van der Waals surface area contributed by atoms with Crippen LogP contribution in [0.1, 0.15) is 145 Å². The summed E-state index contributed by atoms with van der Waals surface area (Å²) >= 11 is 0. The molecule has 3 saturated carbocycles. The lowest BCUT2D eigenvalue weighted by Gasteiger charge is -2.64. The average molecular weight is 1050 g/mol. The standard InChI is InChI=1S/C55H78BN7O9.C3H9N/c1-9-10-11-12-13-14-15-36-16-19-40(33(2)26-36)51(66)59-32-48(64)63(8)49-38-18-21-45(70-25-23-58)42(29-38)41-27-37(17-20-44(41)69-24-22-57)28-43(62-50(65)34(3)60-53(49)68)52(67)61-35(4)56-71-47-31-39-30-46(54(39,5)6)55(47,7)72-56;1-2-3-4/h16-21,26-27,29,34-35,39,43,46-47,49H,9-15,22-25,28,30-32,57-58H2,1-8H3,(H,59,66)(H,60,68)(H,61,67)(H,62,65);2-4H2,1H3/t34-,35-,39?,43?,46?,47?,49?,55-;/m0./s1. The lowest BCUT2D eigenvalue weighted by atomic mass is 9.43. The van der Waals surface area contributed by atoms with Gasteiger partial charge in [-0.05, 0) is 136 Å². The summed E-state index contributed by atoms with van der Waals surface area (Å²) in [6, 6.07) is 12.8. The van der Waals surface area contributed by atoms with Crippen molar-refractivity contribution in [2.45, 2.75) is 162 Å². The summed E-state index contributed by atoms with van der Waals surface area (Å²) in [5.74, 6) is -1.55. The van der Waals surface area contributed by atoms with Crippen LogP contribution < -0.4 is 47.9 Å². The molecule has 5 amide bonds. The number of nitrogens with two attached hydrogens (primary N) is 3. The highest BCUT2D eigenvalue weighted by Gasteiger charge is 2.68. The maximum atomic E-state index is 14.7. The molecular formula is C58H87BN8O9. The summed E-state index contributed by atoms with van der Waals surface area (Å²) in [4.78, 5) is 72.3. The fourth-order valence-corrected chi connectivity index (χ4v) is 11.4. The highest BCUT2D eigenvalue weighted by molar-refractivity contribution is 6.47. The van der Waals surface area contributed by atoms with Crippen LogP contribution in [0.4, 0.5) is 0 Å². The van der Waals surface area contributed by atoms with Gasteiger partial charge in [-0.15, -0.1) is 0 Å². The zero-order chi connectivity index (χ0) is 55.3. The Morgan fingerprint density at radius 1 is 0.842 bits per heavy atom.